The third-order valence-electron chi connectivity index (χ3n) is 5.85. The van der Waals surface area contributed by atoms with Gasteiger partial charge in [0, 0.05) is 29.5 Å². The molecular formula is C19H30N3O3S+. The van der Waals surface area contributed by atoms with Gasteiger partial charge in [0.05, 0.1) is 32.9 Å². The SMILES string of the molecule is O=C[N+]1(N2CCOCC2)CCc2sc(OCCCN3CCCC3)cc2C1. The van der Waals surface area contributed by atoms with Gasteiger partial charge in [-0.05, 0) is 32.4 Å². The zero-order valence-corrected chi connectivity index (χ0v) is 16.3. The molecule has 4 heterocycles. The van der Waals surface area contributed by atoms with Crippen LogP contribution in [-0.4, -0.2) is 80.0 Å². The van der Waals surface area contributed by atoms with E-state index in [2.05, 4.69) is 16.0 Å². The van der Waals surface area contributed by atoms with Crippen molar-refractivity contribution in [2.75, 3.05) is 59.1 Å². The number of rotatable bonds is 7. The van der Waals surface area contributed by atoms with Crippen molar-refractivity contribution in [1.29, 1.82) is 0 Å². The lowest BCUT2D eigenvalue weighted by Gasteiger charge is -2.44. The summed E-state index contributed by atoms with van der Waals surface area (Å²) in [6, 6.07) is 2.17. The molecule has 0 N–H and O–H groups in total. The van der Waals surface area contributed by atoms with E-state index in [1.165, 1.54) is 36.4 Å². The van der Waals surface area contributed by atoms with Gasteiger partial charge in [-0.3, -0.25) is 0 Å². The number of nitrogens with zero attached hydrogens (tertiary/aromatic N) is 3. The van der Waals surface area contributed by atoms with E-state index >= 15 is 0 Å². The second-order valence-electron chi connectivity index (χ2n) is 7.55. The van der Waals surface area contributed by atoms with Gasteiger partial charge in [-0.15, -0.1) is 16.3 Å². The van der Waals surface area contributed by atoms with Gasteiger partial charge >= 0.3 is 6.41 Å². The molecule has 0 bridgehead atoms. The highest BCUT2D eigenvalue weighted by Gasteiger charge is 2.41. The van der Waals surface area contributed by atoms with E-state index < -0.39 is 0 Å². The van der Waals surface area contributed by atoms with Crippen LogP contribution in [0.3, 0.4) is 0 Å². The average molecular weight is 381 g/mol. The monoisotopic (exact) mass is 380 g/mol. The van der Waals surface area contributed by atoms with Crippen LogP contribution in [0.4, 0.5) is 0 Å². The van der Waals surface area contributed by atoms with Gasteiger partial charge < -0.3 is 14.4 Å². The average Bonchev–Trinajstić information content (AvgIpc) is 3.34. The van der Waals surface area contributed by atoms with E-state index in [0.717, 1.165) is 76.9 Å². The fourth-order valence-electron chi connectivity index (χ4n) is 4.34. The lowest BCUT2D eigenvalue weighted by Crippen LogP contribution is -2.63. The van der Waals surface area contributed by atoms with Crippen LogP contribution >= 0.6 is 11.3 Å². The zero-order chi connectivity index (χ0) is 17.8. The molecule has 3 aliphatic rings. The van der Waals surface area contributed by atoms with E-state index in [0.29, 0.717) is 4.59 Å². The summed E-state index contributed by atoms with van der Waals surface area (Å²) in [6.45, 7) is 9.14. The first-order chi connectivity index (χ1) is 12.8. The molecule has 1 aromatic rings. The van der Waals surface area contributed by atoms with Gasteiger partial charge in [0.15, 0.2) is 5.06 Å². The molecule has 2 fully saturated rings. The number of amides is 1. The molecule has 0 radical (unpaired) electrons. The Morgan fingerprint density at radius 1 is 1.23 bits per heavy atom. The molecule has 7 heteroatoms. The number of carbonyl (C=O) groups is 1. The summed E-state index contributed by atoms with van der Waals surface area (Å²) in [5.74, 6) is 0. The Bertz CT molecular complexity index is 611. The highest BCUT2D eigenvalue weighted by Crippen LogP contribution is 2.36. The summed E-state index contributed by atoms with van der Waals surface area (Å²) in [5, 5.41) is 3.29. The number of morpholine rings is 1. The Morgan fingerprint density at radius 2 is 2.04 bits per heavy atom. The molecule has 0 aromatic carbocycles. The Morgan fingerprint density at radius 3 is 2.81 bits per heavy atom. The van der Waals surface area contributed by atoms with Crippen LogP contribution < -0.4 is 4.74 Å². The van der Waals surface area contributed by atoms with Crippen molar-refractivity contribution in [3.8, 4) is 5.06 Å². The number of quaternary nitrogens is 1. The fraction of sp³-hybridized carbons (Fsp3) is 0.737. The maximum absolute atomic E-state index is 12.0. The Hall–Kier alpha value is -0.990. The summed E-state index contributed by atoms with van der Waals surface area (Å²) in [4.78, 5) is 15.9. The third kappa shape index (κ3) is 3.97. The lowest BCUT2D eigenvalue weighted by molar-refractivity contribution is -0.976. The molecule has 0 aliphatic carbocycles. The van der Waals surface area contributed by atoms with E-state index in [1.807, 2.05) is 0 Å². The Labute approximate surface area is 159 Å². The second kappa shape index (κ2) is 8.35. The summed E-state index contributed by atoms with van der Waals surface area (Å²) in [5.41, 5.74) is 1.29. The van der Waals surface area contributed by atoms with Gasteiger partial charge in [-0.25, -0.2) is 4.79 Å². The van der Waals surface area contributed by atoms with Gasteiger partial charge in [0.25, 0.3) is 0 Å². The molecule has 3 aliphatic heterocycles. The van der Waals surface area contributed by atoms with Crippen molar-refractivity contribution in [2.24, 2.45) is 0 Å². The van der Waals surface area contributed by atoms with Crippen LogP contribution in [-0.2, 0) is 22.5 Å². The van der Waals surface area contributed by atoms with Crippen LogP contribution in [0.25, 0.3) is 0 Å². The molecule has 2 saturated heterocycles. The molecule has 1 unspecified atom stereocenters. The van der Waals surface area contributed by atoms with Crippen LogP contribution in [0, 0.1) is 0 Å². The molecule has 1 atom stereocenters. The van der Waals surface area contributed by atoms with Crippen molar-refractivity contribution in [3.05, 3.63) is 16.5 Å². The van der Waals surface area contributed by atoms with Gasteiger partial charge in [0.2, 0.25) is 0 Å². The number of carbonyl (C=O) groups excluding carboxylic acids is 1. The van der Waals surface area contributed by atoms with E-state index in [4.69, 9.17) is 9.47 Å². The number of fused-ring (bicyclic) bond motifs is 1. The molecular weight excluding hydrogens is 350 g/mol. The fourth-order valence-corrected chi connectivity index (χ4v) is 5.38. The van der Waals surface area contributed by atoms with Crippen molar-refractivity contribution in [1.82, 2.24) is 9.91 Å². The summed E-state index contributed by atoms with van der Waals surface area (Å²) < 4.78 is 11.9. The minimum absolute atomic E-state index is 0.418. The maximum Gasteiger partial charge on any atom is 0.321 e. The van der Waals surface area contributed by atoms with Crippen molar-refractivity contribution in [2.45, 2.75) is 32.2 Å². The number of thiophene rings is 1. The second-order valence-corrected chi connectivity index (χ2v) is 8.65. The van der Waals surface area contributed by atoms with Crippen LogP contribution in [0.5, 0.6) is 5.06 Å². The quantitative estimate of drug-likeness (QED) is 0.411. The first kappa shape index (κ1) is 18.4. The lowest BCUT2D eigenvalue weighted by atomic mass is 10.1. The van der Waals surface area contributed by atoms with Crippen LogP contribution in [0.1, 0.15) is 29.7 Å². The number of likely N-dealkylation sites (tertiary alicyclic amines) is 1. The van der Waals surface area contributed by atoms with E-state index in [-0.39, 0.29) is 0 Å². The standard InChI is InChI=1S/C19H30N3O3S/c23-16-22(21-8-12-24-13-9-21)10-4-18-17(15-22)14-19(26-18)25-11-3-7-20-5-1-2-6-20/h14,16H,1-13,15H2/q+1. The molecule has 26 heavy (non-hydrogen) atoms. The maximum atomic E-state index is 12.0. The molecule has 1 aromatic heterocycles. The minimum atomic E-state index is 0.418. The molecule has 0 saturated carbocycles. The topological polar surface area (TPSA) is 42.0 Å². The first-order valence-corrected chi connectivity index (χ1v) is 10.7. The van der Waals surface area contributed by atoms with Crippen molar-refractivity contribution < 1.29 is 18.9 Å². The number of hydrogen-bond donors (Lipinski definition) is 0. The predicted molar refractivity (Wildman–Crippen MR) is 101 cm³/mol. The third-order valence-corrected chi connectivity index (χ3v) is 7.00. The highest BCUT2D eigenvalue weighted by molar-refractivity contribution is 7.14. The Kier molecular flexibility index (Phi) is 5.90. The summed E-state index contributed by atoms with van der Waals surface area (Å²) in [7, 11) is 0. The van der Waals surface area contributed by atoms with Gasteiger partial charge in [0.1, 0.15) is 13.1 Å². The number of ether oxygens (including phenoxy) is 2. The Balaban J connectivity index is 1.33. The summed E-state index contributed by atoms with van der Waals surface area (Å²) in [6.07, 6.45) is 5.86. The minimum Gasteiger partial charge on any atom is -0.484 e. The smallest absolute Gasteiger partial charge is 0.321 e. The molecule has 1 amide bonds. The van der Waals surface area contributed by atoms with Crippen molar-refractivity contribution >= 4 is 17.7 Å². The molecule has 144 valence electrons. The summed E-state index contributed by atoms with van der Waals surface area (Å²) >= 11 is 1.77. The van der Waals surface area contributed by atoms with Crippen molar-refractivity contribution in [3.63, 3.8) is 0 Å². The van der Waals surface area contributed by atoms with Gasteiger partial charge in [-0.1, -0.05) is 0 Å². The van der Waals surface area contributed by atoms with Crippen LogP contribution in [0.15, 0.2) is 6.07 Å². The molecule has 4 rings (SSSR count). The number of hydrogen-bond acceptors (Lipinski definition) is 6. The molecule has 6 nitrogen and oxygen atoms in total. The highest BCUT2D eigenvalue weighted by atomic mass is 32.1. The zero-order valence-electron chi connectivity index (χ0n) is 15.5. The first-order valence-electron chi connectivity index (χ1n) is 9.92. The predicted octanol–water partition coefficient (Wildman–Crippen LogP) is 1.89. The molecule has 0 spiro atoms. The normalized spacial score (nSPS) is 27.4. The largest absolute Gasteiger partial charge is 0.484 e. The van der Waals surface area contributed by atoms with Crippen LogP contribution in [0.2, 0.25) is 0 Å². The van der Waals surface area contributed by atoms with Gasteiger partial charge in [-0.2, -0.15) is 4.59 Å². The van der Waals surface area contributed by atoms with E-state index in [1.54, 1.807) is 11.3 Å². The van der Waals surface area contributed by atoms with E-state index in [9.17, 15) is 4.79 Å².